The number of carbonyl (C=O) groups is 1. The Morgan fingerprint density at radius 3 is 2.83 bits per heavy atom. The second-order valence-corrected chi connectivity index (χ2v) is 10.1. The van der Waals surface area contributed by atoms with Crippen LogP contribution in [-0.4, -0.2) is 66.6 Å². The van der Waals surface area contributed by atoms with Gasteiger partial charge in [-0.25, -0.2) is 15.0 Å². The zero-order valence-corrected chi connectivity index (χ0v) is 23.6. The summed E-state index contributed by atoms with van der Waals surface area (Å²) in [6, 6.07) is 11.4. The zero-order valence-electron chi connectivity index (χ0n) is 23.6. The van der Waals surface area contributed by atoms with Crippen molar-refractivity contribution in [3.63, 3.8) is 0 Å². The van der Waals surface area contributed by atoms with E-state index in [2.05, 4.69) is 47.7 Å². The first-order chi connectivity index (χ1) is 20.5. The fraction of sp³-hybridized carbons (Fsp3) is 0.267. The summed E-state index contributed by atoms with van der Waals surface area (Å²) in [6.07, 6.45) is 10.4. The third kappa shape index (κ3) is 5.84. The number of carbonyl (C=O) groups excluding carboxylic acids is 1. The van der Waals surface area contributed by atoms with Crippen molar-refractivity contribution in [2.24, 2.45) is 0 Å². The van der Waals surface area contributed by atoms with Crippen molar-refractivity contribution < 1.29 is 14.3 Å². The van der Waals surface area contributed by atoms with Gasteiger partial charge in [0.05, 0.1) is 17.8 Å². The standard InChI is InChI=1S/C30H31N9O3/c1-4-41-26-14-23-22(13-24(26)36-28(40)10-8-21-6-5-11-38(21)3)30(32-16-31-23)35-20-7-9-25(19(2)12-20)42-29-15-27-37-34-18-39(27)17-33-29/h7-10,12-18,21H,4-6,11H2,1-3H3,(H,36,40)(H,31,32,35)/b10-8+. The van der Waals surface area contributed by atoms with Crippen LogP contribution in [0.1, 0.15) is 25.3 Å². The Labute approximate surface area is 242 Å². The molecular weight excluding hydrogens is 534 g/mol. The van der Waals surface area contributed by atoms with E-state index < -0.39 is 0 Å². The average molecular weight is 566 g/mol. The van der Waals surface area contributed by atoms with E-state index >= 15 is 0 Å². The number of nitrogens with one attached hydrogen (secondary N) is 2. The van der Waals surface area contributed by atoms with Gasteiger partial charge < -0.3 is 20.1 Å². The molecule has 0 aliphatic carbocycles. The van der Waals surface area contributed by atoms with Gasteiger partial charge in [-0.15, -0.1) is 10.2 Å². The number of anilines is 3. The summed E-state index contributed by atoms with van der Waals surface area (Å²) in [5.41, 5.74) is 3.58. The van der Waals surface area contributed by atoms with Crippen LogP contribution < -0.4 is 20.1 Å². The lowest BCUT2D eigenvalue weighted by Crippen LogP contribution is -2.23. The molecule has 2 aromatic carbocycles. The Morgan fingerprint density at radius 1 is 1.12 bits per heavy atom. The fourth-order valence-corrected chi connectivity index (χ4v) is 4.97. The minimum atomic E-state index is -0.217. The van der Waals surface area contributed by atoms with Crippen LogP contribution in [0.3, 0.4) is 0 Å². The number of aryl methyl sites for hydroxylation is 1. The molecule has 1 aliphatic heterocycles. The summed E-state index contributed by atoms with van der Waals surface area (Å²) >= 11 is 0. The van der Waals surface area contributed by atoms with Crippen molar-refractivity contribution in [1.29, 1.82) is 0 Å². The molecule has 4 heterocycles. The second-order valence-electron chi connectivity index (χ2n) is 10.1. The van der Waals surface area contributed by atoms with Gasteiger partial charge >= 0.3 is 0 Å². The van der Waals surface area contributed by atoms with Crippen LogP contribution in [0.5, 0.6) is 17.4 Å². The molecule has 1 fully saturated rings. The van der Waals surface area contributed by atoms with Crippen molar-refractivity contribution in [2.45, 2.75) is 32.7 Å². The lowest BCUT2D eigenvalue weighted by Gasteiger charge is -2.16. The number of nitrogens with zero attached hydrogens (tertiary/aromatic N) is 7. The number of aromatic nitrogens is 6. The summed E-state index contributed by atoms with van der Waals surface area (Å²) in [7, 11) is 2.07. The Bertz CT molecular complexity index is 1790. The van der Waals surface area contributed by atoms with E-state index in [0.29, 0.717) is 46.7 Å². The van der Waals surface area contributed by atoms with Crippen LogP contribution in [0.25, 0.3) is 16.6 Å². The topological polar surface area (TPSA) is 132 Å². The molecule has 0 spiro atoms. The molecule has 1 saturated heterocycles. The molecule has 1 atom stereocenters. The number of rotatable bonds is 9. The van der Waals surface area contributed by atoms with Crippen LogP contribution in [0.15, 0.2) is 67.5 Å². The van der Waals surface area contributed by atoms with Crippen LogP contribution >= 0.6 is 0 Å². The van der Waals surface area contributed by atoms with Crippen LogP contribution in [0, 0.1) is 6.92 Å². The Hall–Kier alpha value is -5.10. The van der Waals surface area contributed by atoms with Crippen molar-refractivity contribution in [1.82, 2.24) is 34.4 Å². The molecular formula is C30H31N9O3. The normalized spacial score (nSPS) is 15.5. The summed E-state index contributed by atoms with van der Waals surface area (Å²) in [4.78, 5) is 28.3. The molecule has 1 amide bonds. The van der Waals surface area contributed by atoms with Gasteiger partial charge in [-0.05, 0) is 70.1 Å². The van der Waals surface area contributed by atoms with Gasteiger partial charge in [-0.2, -0.15) is 0 Å². The van der Waals surface area contributed by atoms with Crippen molar-refractivity contribution in [3.05, 3.63) is 73.1 Å². The number of likely N-dealkylation sites (tertiary alicyclic amines) is 1. The Morgan fingerprint density at radius 2 is 2.02 bits per heavy atom. The summed E-state index contributed by atoms with van der Waals surface area (Å²) in [5.74, 6) is 2.00. The molecule has 0 radical (unpaired) electrons. The van der Waals surface area contributed by atoms with Crippen LogP contribution in [-0.2, 0) is 4.79 Å². The number of hydrogen-bond acceptors (Lipinski definition) is 10. The van der Waals surface area contributed by atoms with Crippen molar-refractivity contribution in [2.75, 3.05) is 30.8 Å². The number of ether oxygens (including phenoxy) is 2. The SMILES string of the molecule is CCOc1cc2ncnc(Nc3ccc(Oc4cc5nncn5cn4)c(C)c3)c2cc1NC(=O)/C=C/C1CCCN1C. The van der Waals surface area contributed by atoms with Gasteiger partial charge in [0.1, 0.15) is 36.3 Å². The van der Waals surface area contributed by atoms with E-state index in [1.165, 1.54) is 6.33 Å². The summed E-state index contributed by atoms with van der Waals surface area (Å²) in [5, 5.41) is 15.0. The molecule has 12 nitrogen and oxygen atoms in total. The largest absolute Gasteiger partial charge is 0.492 e. The van der Waals surface area contributed by atoms with Crippen molar-refractivity contribution >= 4 is 39.6 Å². The van der Waals surface area contributed by atoms with Crippen LogP contribution in [0.2, 0.25) is 0 Å². The molecule has 6 rings (SSSR count). The number of likely N-dealkylation sites (N-methyl/N-ethyl adjacent to an activating group) is 1. The highest BCUT2D eigenvalue weighted by molar-refractivity contribution is 6.03. The van der Waals surface area contributed by atoms with Gasteiger partial charge in [0, 0.05) is 35.3 Å². The zero-order chi connectivity index (χ0) is 29.1. The minimum absolute atomic E-state index is 0.217. The predicted molar refractivity (Wildman–Crippen MR) is 159 cm³/mol. The van der Waals surface area contributed by atoms with E-state index in [0.717, 1.165) is 36.0 Å². The van der Waals surface area contributed by atoms with Gasteiger partial charge in [0.15, 0.2) is 5.65 Å². The maximum atomic E-state index is 12.9. The Kier molecular flexibility index (Phi) is 7.60. The molecule has 42 heavy (non-hydrogen) atoms. The quantitative estimate of drug-likeness (QED) is 0.238. The van der Waals surface area contributed by atoms with Gasteiger partial charge in [-0.1, -0.05) is 6.08 Å². The molecule has 0 saturated carbocycles. The van der Waals surface area contributed by atoms with E-state index in [1.807, 2.05) is 50.3 Å². The number of fused-ring (bicyclic) bond motifs is 2. The molecule has 5 aromatic rings. The predicted octanol–water partition coefficient (Wildman–Crippen LogP) is 4.90. The second kappa shape index (κ2) is 11.8. The summed E-state index contributed by atoms with van der Waals surface area (Å²) < 4.78 is 13.5. The highest BCUT2D eigenvalue weighted by Gasteiger charge is 2.18. The lowest BCUT2D eigenvalue weighted by molar-refractivity contribution is -0.112. The van der Waals surface area contributed by atoms with E-state index in [1.54, 1.807) is 29.2 Å². The first-order valence-corrected chi connectivity index (χ1v) is 13.8. The molecule has 214 valence electrons. The highest BCUT2D eigenvalue weighted by Crippen LogP contribution is 2.34. The minimum Gasteiger partial charge on any atom is -0.492 e. The first-order valence-electron chi connectivity index (χ1n) is 13.8. The third-order valence-corrected chi connectivity index (χ3v) is 7.16. The van der Waals surface area contributed by atoms with E-state index in [4.69, 9.17) is 9.47 Å². The van der Waals surface area contributed by atoms with Gasteiger partial charge in [0.25, 0.3) is 0 Å². The Balaban J connectivity index is 1.23. The molecule has 0 bridgehead atoms. The monoisotopic (exact) mass is 565 g/mol. The number of amides is 1. The lowest BCUT2D eigenvalue weighted by atomic mass is 10.1. The first kappa shape index (κ1) is 27.1. The summed E-state index contributed by atoms with van der Waals surface area (Å²) in [6.45, 7) is 5.34. The van der Waals surface area contributed by atoms with Gasteiger partial charge in [-0.3, -0.25) is 14.1 Å². The highest BCUT2D eigenvalue weighted by atomic mass is 16.5. The van der Waals surface area contributed by atoms with Crippen LogP contribution in [0.4, 0.5) is 17.2 Å². The van der Waals surface area contributed by atoms with Crippen molar-refractivity contribution in [3.8, 4) is 17.4 Å². The van der Waals surface area contributed by atoms with Gasteiger partial charge in [0.2, 0.25) is 11.8 Å². The smallest absolute Gasteiger partial charge is 0.248 e. The molecule has 12 heteroatoms. The van der Waals surface area contributed by atoms with E-state index in [9.17, 15) is 4.79 Å². The molecule has 1 aliphatic rings. The van der Waals surface area contributed by atoms with E-state index in [-0.39, 0.29) is 11.9 Å². The maximum absolute atomic E-state index is 12.9. The number of hydrogen-bond donors (Lipinski definition) is 2. The molecule has 1 unspecified atom stereocenters. The fourth-order valence-electron chi connectivity index (χ4n) is 4.97. The maximum Gasteiger partial charge on any atom is 0.248 e. The molecule has 2 N–H and O–H groups in total. The number of benzene rings is 2. The third-order valence-electron chi connectivity index (χ3n) is 7.16. The average Bonchev–Trinajstić information content (AvgIpc) is 3.62. The molecule has 3 aromatic heterocycles.